The molecule has 0 aromatic rings. The van der Waals surface area contributed by atoms with Gasteiger partial charge in [0.15, 0.2) is 5.96 Å². The summed E-state index contributed by atoms with van der Waals surface area (Å²) in [5.41, 5.74) is 0.0245. The highest BCUT2D eigenvalue weighted by atomic mass is 127. The van der Waals surface area contributed by atoms with Crippen LogP contribution in [0.5, 0.6) is 0 Å². The molecule has 0 spiro atoms. The van der Waals surface area contributed by atoms with Crippen LogP contribution in [0, 0.1) is 5.41 Å². The Morgan fingerprint density at radius 3 is 2.37 bits per heavy atom. The van der Waals surface area contributed by atoms with Crippen LogP contribution in [0.3, 0.4) is 0 Å². The third kappa shape index (κ3) is 3.95. The third-order valence-corrected chi connectivity index (χ3v) is 4.41. The zero-order valence-corrected chi connectivity index (χ0v) is 15.2. The molecule has 0 aliphatic heterocycles. The molecule has 6 heteroatoms. The van der Waals surface area contributed by atoms with Gasteiger partial charge in [-0.15, -0.1) is 24.0 Å². The van der Waals surface area contributed by atoms with E-state index in [1.807, 2.05) is 0 Å². The minimum Gasteiger partial charge on any atom is -0.383 e. The largest absolute Gasteiger partial charge is 0.383 e. The predicted molar refractivity (Wildman–Crippen MR) is 89.4 cm³/mol. The number of methoxy groups -OCH3 is 2. The first-order valence-corrected chi connectivity index (χ1v) is 6.42. The van der Waals surface area contributed by atoms with Crippen molar-refractivity contribution < 1.29 is 9.47 Å². The molecule has 2 N–H and O–H groups in total. The Bertz CT molecular complexity index is 310. The van der Waals surface area contributed by atoms with Gasteiger partial charge in [-0.05, 0) is 13.3 Å². The second-order valence-electron chi connectivity index (χ2n) is 5.55. The van der Waals surface area contributed by atoms with Crippen molar-refractivity contribution in [2.45, 2.75) is 38.8 Å². The van der Waals surface area contributed by atoms with E-state index in [0.29, 0.717) is 12.6 Å². The van der Waals surface area contributed by atoms with E-state index in [9.17, 15) is 0 Å². The maximum Gasteiger partial charge on any atom is 0.191 e. The summed E-state index contributed by atoms with van der Waals surface area (Å²) in [6.07, 6.45) is 0.988. The topological polar surface area (TPSA) is 54.9 Å². The van der Waals surface area contributed by atoms with E-state index in [1.165, 1.54) is 0 Å². The van der Waals surface area contributed by atoms with Gasteiger partial charge in [-0.3, -0.25) is 4.99 Å². The molecule has 2 unspecified atom stereocenters. The summed E-state index contributed by atoms with van der Waals surface area (Å²) in [6, 6.07) is 0.371. The molecular weight excluding hydrogens is 357 g/mol. The Labute approximate surface area is 133 Å². The highest BCUT2D eigenvalue weighted by Gasteiger charge is 2.57. The highest BCUT2D eigenvalue weighted by Crippen LogP contribution is 2.51. The molecule has 0 saturated heterocycles. The highest BCUT2D eigenvalue weighted by molar-refractivity contribution is 14.0. The van der Waals surface area contributed by atoms with Crippen LogP contribution in [0.1, 0.15) is 27.2 Å². The number of aliphatic imine (C=N–C) groups is 1. The SMILES string of the molecule is CN=C(NCCOC)NC1CC(C)(OC)C1(C)C.I. The molecule has 0 radical (unpaired) electrons. The van der Waals surface area contributed by atoms with Crippen molar-refractivity contribution in [1.82, 2.24) is 10.6 Å². The van der Waals surface area contributed by atoms with E-state index in [0.717, 1.165) is 18.9 Å². The van der Waals surface area contributed by atoms with Gasteiger partial charge < -0.3 is 20.1 Å². The van der Waals surface area contributed by atoms with Crippen molar-refractivity contribution in [3.63, 3.8) is 0 Å². The van der Waals surface area contributed by atoms with Crippen LogP contribution < -0.4 is 10.6 Å². The normalized spacial score (nSPS) is 29.2. The molecule has 1 fully saturated rings. The molecular formula is C13H28IN3O2. The van der Waals surface area contributed by atoms with Crippen molar-refractivity contribution in [3.8, 4) is 0 Å². The van der Waals surface area contributed by atoms with E-state index < -0.39 is 0 Å². The summed E-state index contributed by atoms with van der Waals surface area (Å²) in [7, 11) is 5.25. The average molecular weight is 385 g/mol. The Morgan fingerprint density at radius 2 is 1.95 bits per heavy atom. The lowest BCUT2D eigenvalue weighted by molar-refractivity contribution is -0.176. The van der Waals surface area contributed by atoms with Gasteiger partial charge in [0.25, 0.3) is 0 Å². The van der Waals surface area contributed by atoms with Gasteiger partial charge in [0, 0.05) is 39.3 Å². The van der Waals surface area contributed by atoms with Gasteiger partial charge in [-0.2, -0.15) is 0 Å². The van der Waals surface area contributed by atoms with Crippen molar-refractivity contribution in [1.29, 1.82) is 0 Å². The standard InChI is InChI=1S/C13H27N3O2.HI/c1-12(2)10(9-13(12,3)18-6)16-11(14-4)15-7-8-17-5;/h10H,7-9H2,1-6H3,(H2,14,15,16);1H. The molecule has 0 bridgehead atoms. The smallest absolute Gasteiger partial charge is 0.191 e. The van der Waals surface area contributed by atoms with E-state index in [1.54, 1.807) is 21.3 Å². The van der Waals surface area contributed by atoms with Crippen LogP contribution in [0.25, 0.3) is 0 Å². The predicted octanol–water partition coefficient (Wildman–Crippen LogP) is 1.62. The van der Waals surface area contributed by atoms with E-state index in [2.05, 4.69) is 36.4 Å². The first kappa shape index (κ1) is 18.9. The maximum absolute atomic E-state index is 5.61. The molecule has 19 heavy (non-hydrogen) atoms. The molecule has 1 aliphatic carbocycles. The Balaban J connectivity index is 0.00000324. The third-order valence-electron chi connectivity index (χ3n) is 4.41. The molecule has 1 aliphatic rings. The lowest BCUT2D eigenvalue weighted by atomic mass is 9.56. The van der Waals surface area contributed by atoms with Crippen LogP contribution in [-0.4, -0.2) is 52.0 Å². The van der Waals surface area contributed by atoms with Crippen molar-refractivity contribution in [3.05, 3.63) is 0 Å². The van der Waals surface area contributed by atoms with Crippen LogP contribution >= 0.6 is 24.0 Å². The zero-order chi connectivity index (χ0) is 13.8. The number of nitrogens with zero attached hydrogens (tertiary/aromatic N) is 1. The van der Waals surface area contributed by atoms with Crippen LogP contribution in [0.4, 0.5) is 0 Å². The second kappa shape index (κ2) is 7.64. The van der Waals surface area contributed by atoms with Gasteiger partial charge in [-0.25, -0.2) is 0 Å². The minimum absolute atomic E-state index is 0. The summed E-state index contributed by atoms with van der Waals surface area (Å²) in [5, 5.41) is 6.67. The fraction of sp³-hybridized carbons (Fsp3) is 0.923. The van der Waals surface area contributed by atoms with Crippen molar-refractivity contribution >= 4 is 29.9 Å². The van der Waals surface area contributed by atoms with Crippen molar-refractivity contribution in [2.75, 3.05) is 34.4 Å². The molecule has 0 heterocycles. The minimum atomic E-state index is -0.0595. The lowest BCUT2D eigenvalue weighted by Crippen LogP contribution is -2.69. The monoisotopic (exact) mass is 385 g/mol. The molecule has 114 valence electrons. The van der Waals surface area contributed by atoms with Gasteiger partial charge in [0.1, 0.15) is 0 Å². The quantitative estimate of drug-likeness (QED) is 0.327. The first-order valence-electron chi connectivity index (χ1n) is 6.42. The number of halogens is 1. The van der Waals surface area contributed by atoms with Crippen LogP contribution in [0.15, 0.2) is 4.99 Å². The van der Waals surface area contributed by atoms with E-state index >= 15 is 0 Å². The fourth-order valence-electron chi connectivity index (χ4n) is 2.35. The van der Waals surface area contributed by atoms with Gasteiger partial charge in [0.2, 0.25) is 0 Å². The Kier molecular flexibility index (Phi) is 7.60. The summed E-state index contributed by atoms with van der Waals surface area (Å²) in [5.74, 6) is 0.822. The number of hydrogen-bond donors (Lipinski definition) is 2. The molecule has 0 aromatic carbocycles. The summed E-state index contributed by atoms with van der Waals surface area (Å²) < 4.78 is 10.6. The fourth-order valence-corrected chi connectivity index (χ4v) is 2.35. The average Bonchev–Trinajstić information content (AvgIpc) is 2.36. The van der Waals surface area contributed by atoms with Crippen LogP contribution in [0.2, 0.25) is 0 Å². The molecule has 1 saturated carbocycles. The second-order valence-corrected chi connectivity index (χ2v) is 5.55. The Morgan fingerprint density at radius 1 is 1.32 bits per heavy atom. The summed E-state index contributed by atoms with van der Waals surface area (Å²) in [4.78, 5) is 4.22. The molecule has 1 rings (SSSR count). The summed E-state index contributed by atoms with van der Waals surface area (Å²) >= 11 is 0. The van der Waals surface area contributed by atoms with E-state index in [-0.39, 0.29) is 35.0 Å². The first-order chi connectivity index (χ1) is 8.41. The summed E-state index contributed by atoms with van der Waals surface area (Å²) in [6.45, 7) is 8.03. The van der Waals surface area contributed by atoms with Crippen LogP contribution in [-0.2, 0) is 9.47 Å². The van der Waals surface area contributed by atoms with E-state index in [4.69, 9.17) is 9.47 Å². The number of hydrogen-bond acceptors (Lipinski definition) is 3. The van der Waals surface area contributed by atoms with Gasteiger partial charge >= 0.3 is 0 Å². The number of ether oxygens (including phenoxy) is 2. The zero-order valence-electron chi connectivity index (χ0n) is 12.9. The van der Waals surface area contributed by atoms with Crippen molar-refractivity contribution in [2.24, 2.45) is 10.4 Å². The number of guanidine groups is 1. The van der Waals surface area contributed by atoms with Gasteiger partial charge in [-0.1, -0.05) is 13.8 Å². The molecule has 0 amide bonds. The number of rotatable bonds is 5. The molecule has 2 atom stereocenters. The molecule has 5 nitrogen and oxygen atoms in total. The number of nitrogens with one attached hydrogen (secondary N) is 2. The lowest BCUT2D eigenvalue weighted by Gasteiger charge is -2.59. The Hall–Kier alpha value is -0.0800. The maximum atomic E-state index is 5.61. The molecule has 0 aromatic heterocycles. The van der Waals surface area contributed by atoms with Gasteiger partial charge in [0.05, 0.1) is 12.2 Å².